The molecule has 0 bridgehead atoms. The van der Waals surface area contributed by atoms with E-state index < -0.39 is 0 Å². The fourth-order valence-electron chi connectivity index (χ4n) is 2.01. The lowest BCUT2D eigenvalue weighted by atomic mass is 10.0. The molecule has 0 heterocycles. The molecule has 0 spiro atoms. The van der Waals surface area contributed by atoms with Gasteiger partial charge in [0.05, 0.1) is 26.7 Å². The van der Waals surface area contributed by atoms with Gasteiger partial charge in [0.15, 0.2) is 0 Å². The highest BCUT2D eigenvalue weighted by Crippen LogP contribution is 2.12. The predicted octanol–water partition coefficient (Wildman–Crippen LogP) is 4.26. The average Bonchev–Trinajstić information content (AvgIpc) is 2.37. The molecule has 0 saturated carbocycles. The smallest absolute Gasteiger partial charge is 0.102 e. The van der Waals surface area contributed by atoms with Crippen molar-refractivity contribution >= 4 is 0 Å². The topological polar surface area (TPSA) is 9.23 Å². The van der Waals surface area contributed by atoms with Gasteiger partial charge in [-0.2, -0.15) is 0 Å². The summed E-state index contributed by atoms with van der Waals surface area (Å²) < 4.78 is 6.92. The summed E-state index contributed by atoms with van der Waals surface area (Å²) in [5, 5.41) is 0. The van der Waals surface area contributed by atoms with Crippen LogP contribution in [0.3, 0.4) is 0 Å². The molecule has 2 nitrogen and oxygen atoms in total. The maximum absolute atomic E-state index is 5.80. The number of allylic oxidation sites excluding steroid dienone is 2. The zero-order valence-electron chi connectivity index (χ0n) is 14.2. The van der Waals surface area contributed by atoms with Gasteiger partial charge in [0.1, 0.15) is 6.54 Å². The van der Waals surface area contributed by atoms with Crippen LogP contribution in [0.4, 0.5) is 0 Å². The van der Waals surface area contributed by atoms with E-state index in [0.29, 0.717) is 0 Å². The first-order chi connectivity index (χ1) is 8.93. The average molecular weight is 270 g/mol. The number of rotatable bonds is 11. The second kappa shape index (κ2) is 10.4. The van der Waals surface area contributed by atoms with Crippen LogP contribution in [0.25, 0.3) is 0 Å². The molecule has 0 aliphatic rings. The Labute approximate surface area is 121 Å². The van der Waals surface area contributed by atoms with Crippen molar-refractivity contribution in [1.29, 1.82) is 0 Å². The Morgan fingerprint density at radius 2 is 1.74 bits per heavy atom. The number of nitrogens with zero attached hydrogens (tertiary/aromatic N) is 1. The SMILES string of the molecule is CC[N+](C)(CC)CCOCCC(C)CCC=C(C)C. The molecular weight excluding hydrogens is 234 g/mol. The summed E-state index contributed by atoms with van der Waals surface area (Å²) >= 11 is 0. The van der Waals surface area contributed by atoms with Gasteiger partial charge < -0.3 is 9.22 Å². The van der Waals surface area contributed by atoms with Crippen LogP contribution in [-0.2, 0) is 4.74 Å². The summed E-state index contributed by atoms with van der Waals surface area (Å²) in [6.45, 7) is 16.5. The van der Waals surface area contributed by atoms with Gasteiger partial charge in [0, 0.05) is 6.61 Å². The van der Waals surface area contributed by atoms with Crippen molar-refractivity contribution < 1.29 is 9.22 Å². The summed E-state index contributed by atoms with van der Waals surface area (Å²) in [4.78, 5) is 0. The highest BCUT2D eigenvalue weighted by molar-refractivity contribution is 4.92. The van der Waals surface area contributed by atoms with Crippen LogP contribution in [0, 0.1) is 5.92 Å². The first kappa shape index (κ1) is 18.7. The lowest BCUT2D eigenvalue weighted by molar-refractivity contribution is -0.906. The van der Waals surface area contributed by atoms with E-state index in [4.69, 9.17) is 4.74 Å². The summed E-state index contributed by atoms with van der Waals surface area (Å²) in [5.74, 6) is 0.772. The number of ether oxygens (including phenoxy) is 1. The molecular formula is C17H36NO+. The molecule has 0 aliphatic carbocycles. The van der Waals surface area contributed by atoms with Crippen molar-refractivity contribution in [2.75, 3.05) is 39.9 Å². The van der Waals surface area contributed by atoms with Crippen LogP contribution in [0.15, 0.2) is 11.6 Å². The molecule has 0 radical (unpaired) electrons. The lowest BCUT2D eigenvalue weighted by Crippen LogP contribution is -2.45. The van der Waals surface area contributed by atoms with Crippen molar-refractivity contribution in [2.45, 2.75) is 53.9 Å². The van der Waals surface area contributed by atoms with Crippen LogP contribution < -0.4 is 0 Å². The van der Waals surface area contributed by atoms with Crippen LogP contribution in [-0.4, -0.2) is 44.4 Å². The molecule has 0 fully saturated rings. The molecule has 1 unspecified atom stereocenters. The molecule has 2 heteroatoms. The summed E-state index contributed by atoms with van der Waals surface area (Å²) in [7, 11) is 2.31. The molecule has 0 saturated heterocycles. The first-order valence-electron chi connectivity index (χ1n) is 7.98. The van der Waals surface area contributed by atoms with Gasteiger partial charge in [0.25, 0.3) is 0 Å². The van der Waals surface area contributed by atoms with E-state index in [0.717, 1.165) is 30.2 Å². The van der Waals surface area contributed by atoms with Gasteiger partial charge in [-0.1, -0.05) is 18.6 Å². The van der Waals surface area contributed by atoms with E-state index >= 15 is 0 Å². The highest BCUT2D eigenvalue weighted by atomic mass is 16.5. The maximum atomic E-state index is 5.80. The van der Waals surface area contributed by atoms with Gasteiger partial charge in [0.2, 0.25) is 0 Å². The maximum Gasteiger partial charge on any atom is 0.102 e. The van der Waals surface area contributed by atoms with Gasteiger partial charge in [-0.05, 0) is 52.9 Å². The van der Waals surface area contributed by atoms with E-state index in [1.807, 2.05) is 0 Å². The second-order valence-corrected chi connectivity index (χ2v) is 6.34. The van der Waals surface area contributed by atoms with Crippen LogP contribution in [0.2, 0.25) is 0 Å². The minimum atomic E-state index is 0.772. The first-order valence-corrected chi connectivity index (χ1v) is 7.98. The molecule has 0 aromatic rings. The van der Waals surface area contributed by atoms with E-state index in [2.05, 4.69) is 47.7 Å². The van der Waals surface area contributed by atoms with Crippen molar-refractivity contribution in [3.05, 3.63) is 11.6 Å². The van der Waals surface area contributed by atoms with Crippen molar-refractivity contribution in [2.24, 2.45) is 5.92 Å². The quantitative estimate of drug-likeness (QED) is 0.310. The third-order valence-corrected chi connectivity index (χ3v) is 4.27. The Kier molecular flexibility index (Phi) is 10.3. The van der Waals surface area contributed by atoms with E-state index in [9.17, 15) is 0 Å². The minimum Gasteiger partial charge on any atom is -0.376 e. The fraction of sp³-hybridized carbons (Fsp3) is 0.882. The Bertz CT molecular complexity index is 240. The Morgan fingerprint density at radius 1 is 1.11 bits per heavy atom. The van der Waals surface area contributed by atoms with Crippen molar-refractivity contribution in [3.63, 3.8) is 0 Å². The minimum absolute atomic E-state index is 0.772. The molecule has 114 valence electrons. The van der Waals surface area contributed by atoms with Crippen molar-refractivity contribution in [1.82, 2.24) is 0 Å². The number of hydrogen-bond donors (Lipinski definition) is 0. The number of hydrogen-bond acceptors (Lipinski definition) is 1. The van der Waals surface area contributed by atoms with Crippen LogP contribution >= 0.6 is 0 Å². The normalized spacial score (nSPS) is 13.4. The van der Waals surface area contributed by atoms with E-state index in [1.165, 1.54) is 37.9 Å². The summed E-state index contributed by atoms with van der Waals surface area (Å²) in [6.07, 6.45) is 6.03. The second-order valence-electron chi connectivity index (χ2n) is 6.34. The number of likely N-dealkylation sites (N-methyl/N-ethyl adjacent to an activating group) is 1. The van der Waals surface area contributed by atoms with Crippen LogP contribution in [0.5, 0.6) is 0 Å². The molecule has 0 aromatic heterocycles. The molecule has 0 aliphatic heterocycles. The molecule has 19 heavy (non-hydrogen) atoms. The Balaban J connectivity index is 3.56. The third-order valence-electron chi connectivity index (χ3n) is 4.27. The highest BCUT2D eigenvalue weighted by Gasteiger charge is 2.15. The summed E-state index contributed by atoms with van der Waals surface area (Å²) in [5.41, 5.74) is 1.43. The standard InChI is InChI=1S/C17H36NO/c1-7-18(6,8-2)13-15-19-14-12-17(5)11-9-10-16(3)4/h10,17H,7-9,11-15H2,1-6H3/q+1. The van der Waals surface area contributed by atoms with Gasteiger partial charge in [-0.15, -0.1) is 0 Å². The molecule has 0 aromatic carbocycles. The third kappa shape index (κ3) is 10.1. The monoisotopic (exact) mass is 270 g/mol. The Morgan fingerprint density at radius 3 is 2.26 bits per heavy atom. The van der Waals surface area contributed by atoms with Crippen LogP contribution in [0.1, 0.15) is 53.9 Å². The molecule has 0 rings (SSSR count). The van der Waals surface area contributed by atoms with Gasteiger partial charge in [-0.3, -0.25) is 0 Å². The molecule has 0 N–H and O–H groups in total. The lowest BCUT2D eigenvalue weighted by Gasteiger charge is -2.31. The largest absolute Gasteiger partial charge is 0.376 e. The fourth-order valence-corrected chi connectivity index (χ4v) is 2.01. The van der Waals surface area contributed by atoms with Gasteiger partial charge in [-0.25, -0.2) is 0 Å². The zero-order valence-corrected chi connectivity index (χ0v) is 14.2. The van der Waals surface area contributed by atoms with E-state index in [1.54, 1.807) is 0 Å². The summed E-state index contributed by atoms with van der Waals surface area (Å²) in [6, 6.07) is 0. The van der Waals surface area contributed by atoms with Crippen molar-refractivity contribution in [3.8, 4) is 0 Å². The Hall–Kier alpha value is -0.340. The zero-order chi connectivity index (χ0) is 14.7. The molecule has 1 atom stereocenters. The van der Waals surface area contributed by atoms with Gasteiger partial charge >= 0.3 is 0 Å². The predicted molar refractivity (Wildman–Crippen MR) is 85.4 cm³/mol. The van der Waals surface area contributed by atoms with E-state index in [-0.39, 0.29) is 0 Å². The number of quaternary nitrogens is 1. The molecule has 0 amide bonds.